The average Bonchev–Trinajstić information content (AvgIpc) is 2.62. The molecule has 0 amide bonds. The number of aliphatic hydroxyl groups is 1. The van der Waals surface area contributed by atoms with Crippen LogP contribution in [0.1, 0.15) is 19.3 Å². The largest absolute Gasteiger partial charge is 0.389 e. The maximum absolute atomic E-state index is 9.68. The predicted octanol–water partition coefficient (Wildman–Crippen LogP) is 0.230. The molecular formula is C10H17NO2. The van der Waals surface area contributed by atoms with Crippen LogP contribution in [0.15, 0.2) is 0 Å². The molecular weight excluding hydrogens is 166 g/mol. The first-order valence-electron chi connectivity index (χ1n) is 5.38. The van der Waals surface area contributed by atoms with Gasteiger partial charge < -0.3 is 9.84 Å². The van der Waals surface area contributed by atoms with Gasteiger partial charge in [-0.05, 0) is 18.8 Å². The SMILES string of the molecule is O[C@@H]1COCC1N1CC2CCCC21. The van der Waals surface area contributed by atoms with Gasteiger partial charge in [-0.1, -0.05) is 6.42 Å². The minimum absolute atomic E-state index is 0.235. The summed E-state index contributed by atoms with van der Waals surface area (Å²) in [5.74, 6) is 0.938. The molecule has 3 fully saturated rings. The van der Waals surface area contributed by atoms with Crippen molar-refractivity contribution in [3.8, 4) is 0 Å². The van der Waals surface area contributed by atoms with E-state index in [1.807, 2.05) is 0 Å². The fraction of sp³-hybridized carbons (Fsp3) is 1.00. The molecule has 1 N–H and O–H groups in total. The van der Waals surface area contributed by atoms with Gasteiger partial charge in [0.1, 0.15) is 0 Å². The topological polar surface area (TPSA) is 32.7 Å². The van der Waals surface area contributed by atoms with E-state index in [9.17, 15) is 5.11 Å². The number of aliphatic hydroxyl groups excluding tert-OH is 1. The molecule has 4 atom stereocenters. The predicted molar refractivity (Wildman–Crippen MR) is 48.4 cm³/mol. The summed E-state index contributed by atoms with van der Waals surface area (Å²) >= 11 is 0. The van der Waals surface area contributed by atoms with Crippen LogP contribution in [0.3, 0.4) is 0 Å². The van der Waals surface area contributed by atoms with E-state index in [1.54, 1.807) is 0 Å². The molecule has 0 aromatic rings. The molecule has 0 bridgehead atoms. The highest BCUT2D eigenvalue weighted by atomic mass is 16.5. The average molecular weight is 183 g/mol. The maximum Gasteiger partial charge on any atom is 0.0950 e. The van der Waals surface area contributed by atoms with E-state index in [1.165, 1.54) is 25.8 Å². The summed E-state index contributed by atoms with van der Waals surface area (Å²) in [6, 6.07) is 1.08. The van der Waals surface area contributed by atoms with Gasteiger partial charge in [0.2, 0.25) is 0 Å². The third-order valence-corrected chi connectivity index (χ3v) is 3.94. The van der Waals surface area contributed by atoms with Crippen molar-refractivity contribution in [2.24, 2.45) is 5.92 Å². The van der Waals surface area contributed by atoms with E-state index in [0.29, 0.717) is 12.6 Å². The monoisotopic (exact) mass is 183 g/mol. The van der Waals surface area contributed by atoms with Crippen LogP contribution >= 0.6 is 0 Å². The Hall–Kier alpha value is -0.120. The quantitative estimate of drug-likeness (QED) is 0.631. The second-order valence-corrected chi connectivity index (χ2v) is 4.63. The van der Waals surface area contributed by atoms with Crippen molar-refractivity contribution in [3.05, 3.63) is 0 Å². The second kappa shape index (κ2) is 2.94. The third-order valence-electron chi connectivity index (χ3n) is 3.94. The van der Waals surface area contributed by atoms with Gasteiger partial charge in [-0.3, -0.25) is 4.90 Å². The van der Waals surface area contributed by atoms with Crippen LogP contribution in [0.4, 0.5) is 0 Å². The van der Waals surface area contributed by atoms with Crippen LogP contribution in [0.5, 0.6) is 0 Å². The minimum atomic E-state index is -0.235. The molecule has 2 aliphatic heterocycles. The Morgan fingerprint density at radius 2 is 2.08 bits per heavy atom. The van der Waals surface area contributed by atoms with Crippen molar-refractivity contribution in [2.75, 3.05) is 19.8 Å². The number of rotatable bonds is 1. The smallest absolute Gasteiger partial charge is 0.0950 e. The summed E-state index contributed by atoms with van der Waals surface area (Å²) < 4.78 is 5.28. The summed E-state index contributed by atoms with van der Waals surface area (Å²) in [6.07, 6.45) is 3.90. The molecule has 3 nitrogen and oxygen atoms in total. The van der Waals surface area contributed by atoms with E-state index < -0.39 is 0 Å². The summed E-state index contributed by atoms with van der Waals surface area (Å²) in [7, 11) is 0. The summed E-state index contributed by atoms with van der Waals surface area (Å²) in [5, 5.41) is 9.68. The molecule has 13 heavy (non-hydrogen) atoms. The lowest BCUT2D eigenvalue weighted by Crippen LogP contribution is -2.60. The molecule has 3 unspecified atom stereocenters. The Kier molecular flexibility index (Phi) is 1.86. The lowest BCUT2D eigenvalue weighted by Gasteiger charge is -2.48. The fourth-order valence-corrected chi connectivity index (χ4v) is 3.16. The number of hydrogen-bond donors (Lipinski definition) is 1. The van der Waals surface area contributed by atoms with Crippen LogP contribution in [0.2, 0.25) is 0 Å². The highest BCUT2D eigenvalue weighted by molar-refractivity contribution is 5.01. The van der Waals surface area contributed by atoms with E-state index in [-0.39, 0.29) is 6.10 Å². The second-order valence-electron chi connectivity index (χ2n) is 4.63. The molecule has 3 heteroatoms. The summed E-state index contributed by atoms with van der Waals surface area (Å²) in [6.45, 7) is 2.48. The zero-order valence-electron chi connectivity index (χ0n) is 7.85. The molecule has 2 saturated heterocycles. The minimum Gasteiger partial charge on any atom is -0.389 e. The van der Waals surface area contributed by atoms with Crippen molar-refractivity contribution >= 4 is 0 Å². The van der Waals surface area contributed by atoms with E-state index in [0.717, 1.165) is 18.6 Å². The van der Waals surface area contributed by atoms with Gasteiger partial charge in [0.15, 0.2) is 0 Å². The molecule has 0 spiro atoms. The molecule has 3 aliphatic rings. The first-order valence-corrected chi connectivity index (χ1v) is 5.38. The first-order chi connectivity index (χ1) is 6.36. The van der Waals surface area contributed by atoms with Crippen molar-refractivity contribution in [1.29, 1.82) is 0 Å². The van der Waals surface area contributed by atoms with Gasteiger partial charge in [0, 0.05) is 12.6 Å². The van der Waals surface area contributed by atoms with Crippen LogP contribution < -0.4 is 0 Å². The summed E-state index contributed by atoms with van der Waals surface area (Å²) in [5.41, 5.74) is 0. The Labute approximate surface area is 78.7 Å². The number of ether oxygens (including phenoxy) is 1. The van der Waals surface area contributed by atoms with E-state index in [2.05, 4.69) is 4.90 Å². The van der Waals surface area contributed by atoms with Crippen LogP contribution in [0, 0.1) is 5.92 Å². The van der Waals surface area contributed by atoms with Crippen molar-refractivity contribution < 1.29 is 9.84 Å². The Balaban J connectivity index is 1.66. The van der Waals surface area contributed by atoms with Crippen LogP contribution in [-0.4, -0.2) is 48.0 Å². The highest BCUT2D eigenvalue weighted by Crippen LogP contribution is 2.41. The van der Waals surface area contributed by atoms with Crippen LogP contribution in [0.25, 0.3) is 0 Å². The number of likely N-dealkylation sites (tertiary alicyclic amines) is 1. The zero-order valence-corrected chi connectivity index (χ0v) is 7.85. The molecule has 3 rings (SSSR count). The molecule has 74 valence electrons. The molecule has 0 aromatic carbocycles. The molecule has 2 heterocycles. The number of nitrogens with zero attached hydrogens (tertiary/aromatic N) is 1. The molecule has 1 saturated carbocycles. The number of fused-ring (bicyclic) bond motifs is 1. The van der Waals surface area contributed by atoms with Crippen molar-refractivity contribution in [2.45, 2.75) is 37.5 Å². The lowest BCUT2D eigenvalue weighted by molar-refractivity contribution is -0.0361. The van der Waals surface area contributed by atoms with Gasteiger partial charge in [0.05, 0.1) is 25.4 Å². The maximum atomic E-state index is 9.68. The molecule has 0 radical (unpaired) electrons. The molecule has 1 aliphatic carbocycles. The third kappa shape index (κ3) is 1.14. The van der Waals surface area contributed by atoms with E-state index in [4.69, 9.17) is 4.74 Å². The van der Waals surface area contributed by atoms with E-state index >= 15 is 0 Å². The number of hydrogen-bond acceptors (Lipinski definition) is 3. The molecule has 0 aromatic heterocycles. The standard InChI is InChI=1S/C10H17NO2/c12-10-6-13-5-9(10)11-4-7-2-1-3-8(7)11/h7-10,12H,1-6H2/t7?,8?,9?,10-/m1/s1. The summed E-state index contributed by atoms with van der Waals surface area (Å²) in [4.78, 5) is 2.47. The highest BCUT2D eigenvalue weighted by Gasteiger charge is 2.47. The van der Waals surface area contributed by atoms with Gasteiger partial charge in [-0.2, -0.15) is 0 Å². The van der Waals surface area contributed by atoms with Gasteiger partial charge in [-0.15, -0.1) is 0 Å². The normalized spacial score (nSPS) is 50.5. The Morgan fingerprint density at radius 1 is 1.15 bits per heavy atom. The first kappa shape index (κ1) is 8.21. The van der Waals surface area contributed by atoms with Gasteiger partial charge >= 0.3 is 0 Å². The Bertz CT molecular complexity index is 209. The zero-order chi connectivity index (χ0) is 8.84. The van der Waals surface area contributed by atoms with Crippen molar-refractivity contribution in [3.63, 3.8) is 0 Å². The van der Waals surface area contributed by atoms with Crippen molar-refractivity contribution in [1.82, 2.24) is 4.90 Å². The fourth-order valence-electron chi connectivity index (χ4n) is 3.16. The Morgan fingerprint density at radius 3 is 2.77 bits per heavy atom. The lowest BCUT2D eigenvalue weighted by atomic mass is 9.89. The van der Waals surface area contributed by atoms with Gasteiger partial charge in [-0.25, -0.2) is 0 Å². The van der Waals surface area contributed by atoms with Crippen LogP contribution in [-0.2, 0) is 4.74 Å². The van der Waals surface area contributed by atoms with Gasteiger partial charge in [0.25, 0.3) is 0 Å².